The molecule has 1 saturated heterocycles. The summed E-state index contributed by atoms with van der Waals surface area (Å²) in [4.78, 5) is 11.2. The molecule has 3 aromatic rings. The summed E-state index contributed by atoms with van der Waals surface area (Å²) >= 11 is 0.354. The van der Waals surface area contributed by atoms with Crippen molar-refractivity contribution in [3.63, 3.8) is 0 Å². The van der Waals surface area contributed by atoms with E-state index in [1.807, 2.05) is 25.4 Å². The second kappa shape index (κ2) is 5.98. The third-order valence-corrected chi connectivity index (χ3v) is 4.92. The van der Waals surface area contributed by atoms with E-state index in [9.17, 15) is 3.89 Å². The summed E-state index contributed by atoms with van der Waals surface area (Å²) in [6.07, 6.45) is 3.66. The summed E-state index contributed by atoms with van der Waals surface area (Å²) in [7, 11) is 2.01. The van der Waals surface area contributed by atoms with Crippen LogP contribution < -0.4 is 4.90 Å². The predicted octanol–water partition coefficient (Wildman–Crippen LogP) is 2.94. The van der Waals surface area contributed by atoms with Crippen molar-refractivity contribution in [2.45, 2.75) is 6.04 Å². The van der Waals surface area contributed by atoms with Gasteiger partial charge in [0.1, 0.15) is 11.5 Å². The number of aryl methyl sites for hydroxylation is 1. The van der Waals surface area contributed by atoms with E-state index in [0.29, 0.717) is 31.1 Å². The van der Waals surface area contributed by atoms with E-state index >= 15 is 0 Å². The van der Waals surface area contributed by atoms with Gasteiger partial charge in [-0.3, -0.25) is 4.98 Å². The highest BCUT2D eigenvalue weighted by Crippen LogP contribution is 2.29. The minimum absolute atomic E-state index is 0.0139. The minimum atomic E-state index is 0.0139. The lowest BCUT2D eigenvalue weighted by Crippen LogP contribution is -2.47. The standard InChI is InChI=1S/C16H17FN4OS/c1-20-14-4-5-18-8-13(14)12-2-3-15(19-16(12)20)21-6-7-22-9-11(21)10-23-17/h2-5,8,11H,6-7,9-10H2,1H3. The van der Waals surface area contributed by atoms with Crippen LogP contribution in [0.4, 0.5) is 9.70 Å². The summed E-state index contributed by atoms with van der Waals surface area (Å²) in [5, 5.41) is 2.19. The van der Waals surface area contributed by atoms with E-state index in [1.165, 1.54) is 0 Å². The van der Waals surface area contributed by atoms with Crippen molar-refractivity contribution in [3.8, 4) is 0 Å². The molecule has 0 spiro atoms. The Morgan fingerprint density at radius 2 is 2.26 bits per heavy atom. The van der Waals surface area contributed by atoms with Crippen molar-refractivity contribution in [2.75, 3.05) is 30.4 Å². The minimum Gasteiger partial charge on any atom is -0.377 e. The highest BCUT2D eigenvalue weighted by atomic mass is 32.2. The first-order valence-electron chi connectivity index (χ1n) is 7.56. The van der Waals surface area contributed by atoms with E-state index < -0.39 is 0 Å². The maximum atomic E-state index is 12.7. The number of pyridine rings is 2. The number of morpholine rings is 1. The maximum Gasteiger partial charge on any atom is 0.143 e. The summed E-state index contributed by atoms with van der Waals surface area (Å²) in [6.45, 7) is 1.91. The van der Waals surface area contributed by atoms with Crippen LogP contribution in [0.5, 0.6) is 0 Å². The number of halogens is 1. The second-order valence-electron chi connectivity index (χ2n) is 5.69. The zero-order valence-corrected chi connectivity index (χ0v) is 13.6. The summed E-state index contributed by atoms with van der Waals surface area (Å²) in [5.41, 5.74) is 2.03. The molecule has 0 bridgehead atoms. The number of aromatic nitrogens is 3. The van der Waals surface area contributed by atoms with Crippen molar-refractivity contribution < 1.29 is 8.62 Å². The summed E-state index contributed by atoms with van der Waals surface area (Å²) in [6, 6.07) is 6.10. The molecule has 0 aromatic carbocycles. The number of anilines is 1. The monoisotopic (exact) mass is 332 g/mol. The molecule has 1 fully saturated rings. The van der Waals surface area contributed by atoms with Crippen LogP contribution in [-0.2, 0) is 11.8 Å². The smallest absolute Gasteiger partial charge is 0.143 e. The first kappa shape index (κ1) is 14.7. The van der Waals surface area contributed by atoms with Gasteiger partial charge in [0, 0.05) is 54.7 Å². The van der Waals surface area contributed by atoms with Crippen LogP contribution in [0.15, 0.2) is 30.6 Å². The molecule has 1 atom stereocenters. The van der Waals surface area contributed by atoms with Crippen molar-refractivity contribution in [1.82, 2.24) is 14.5 Å². The molecule has 0 radical (unpaired) electrons. The molecule has 4 heterocycles. The zero-order chi connectivity index (χ0) is 15.8. The lowest BCUT2D eigenvalue weighted by atomic mass is 10.2. The lowest BCUT2D eigenvalue weighted by molar-refractivity contribution is 0.0996. The topological polar surface area (TPSA) is 43.2 Å². The molecule has 23 heavy (non-hydrogen) atoms. The molecule has 4 rings (SSSR count). The van der Waals surface area contributed by atoms with Crippen LogP contribution in [0, 0.1) is 0 Å². The number of rotatable bonds is 3. The average molecular weight is 332 g/mol. The van der Waals surface area contributed by atoms with Gasteiger partial charge in [-0.2, -0.15) is 3.89 Å². The van der Waals surface area contributed by atoms with Gasteiger partial charge in [0.05, 0.1) is 24.8 Å². The van der Waals surface area contributed by atoms with Crippen LogP contribution in [0.1, 0.15) is 0 Å². The highest BCUT2D eigenvalue weighted by molar-refractivity contribution is 7.94. The van der Waals surface area contributed by atoms with Gasteiger partial charge >= 0.3 is 0 Å². The third kappa shape index (κ3) is 2.44. The Morgan fingerprint density at radius 1 is 1.35 bits per heavy atom. The van der Waals surface area contributed by atoms with Gasteiger partial charge in [0.2, 0.25) is 0 Å². The van der Waals surface area contributed by atoms with Crippen LogP contribution in [0.25, 0.3) is 21.9 Å². The van der Waals surface area contributed by atoms with Crippen LogP contribution >= 0.6 is 12.1 Å². The molecule has 1 unspecified atom stereocenters. The van der Waals surface area contributed by atoms with Gasteiger partial charge in [-0.15, -0.1) is 0 Å². The Morgan fingerprint density at radius 3 is 3.13 bits per heavy atom. The van der Waals surface area contributed by atoms with E-state index in [-0.39, 0.29) is 6.04 Å². The van der Waals surface area contributed by atoms with Crippen molar-refractivity contribution in [3.05, 3.63) is 30.6 Å². The van der Waals surface area contributed by atoms with Gasteiger partial charge in [-0.25, -0.2) is 4.98 Å². The summed E-state index contributed by atoms with van der Waals surface area (Å²) < 4.78 is 20.3. The van der Waals surface area contributed by atoms with E-state index in [1.54, 1.807) is 6.20 Å². The van der Waals surface area contributed by atoms with E-state index in [0.717, 1.165) is 34.3 Å². The number of ether oxygens (including phenoxy) is 1. The fourth-order valence-corrected chi connectivity index (χ4v) is 3.65. The Kier molecular flexibility index (Phi) is 3.82. The third-order valence-electron chi connectivity index (χ3n) is 4.40. The molecule has 7 heteroatoms. The van der Waals surface area contributed by atoms with Crippen molar-refractivity contribution in [1.29, 1.82) is 0 Å². The number of hydrogen-bond acceptors (Lipinski definition) is 5. The number of fused-ring (bicyclic) bond motifs is 3. The molecule has 5 nitrogen and oxygen atoms in total. The molecular weight excluding hydrogens is 315 g/mol. The maximum absolute atomic E-state index is 12.7. The SMILES string of the molecule is Cn1c2ccncc2c2ccc(N3CCOCC3CSF)nc21. The molecular formula is C16H17FN4OS. The largest absolute Gasteiger partial charge is 0.377 e. The van der Waals surface area contributed by atoms with Gasteiger partial charge in [0.25, 0.3) is 0 Å². The first-order chi connectivity index (χ1) is 11.3. The molecule has 3 aromatic heterocycles. The molecule has 1 aliphatic heterocycles. The average Bonchev–Trinajstić information content (AvgIpc) is 2.89. The van der Waals surface area contributed by atoms with Crippen LogP contribution in [0.2, 0.25) is 0 Å². The Balaban J connectivity index is 1.82. The van der Waals surface area contributed by atoms with E-state index in [2.05, 4.69) is 20.5 Å². The molecule has 0 amide bonds. The lowest BCUT2D eigenvalue weighted by Gasteiger charge is -2.35. The van der Waals surface area contributed by atoms with Crippen LogP contribution in [0.3, 0.4) is 0 Å². The molecule has 0 saturated carbocycles. The van der Waals surface area contributed by atoms with Gasteiger partial charge in [-0.1, -0.05) is 0 Å². The molecule has 120 valence electrons. The number of nitrogens with zero attached hydrogens (tertiary/aromatic N) is 4. The fraction of sp³-hybridized carbons (Fsp3) is 0.375. The van der Waals surface area contributed by atoms with E-state index in [4.69, 9.17) is 9.72 Å². The Labute approximate surface area is 137 Å². The Bertz CT molecular complexity index is 851. The van der Waals surface area contributed by atoms with Crippen molar-refractivity contribution in [2.24, 2.45) is 7.05 Å². The normalized spacial score (nSPS) is 18.9. The quantitative estimate of drug-likeness (QED) is 0.738. The molecule has 0 N–H and O–H groups in total. The second-order valence-corrected chi connectivity index (χ2v) is 6.24. The highest BCUT2D eigenvalue weighted by Gasteiger charge is 2.25. The first-order valence-corrected chi connectivity index (χ1v) is 8.45. The Hall–Kier alpha value is -1.86. The molecule has 1 aliphatic rings. The van der Waals surface area contributed by atoms with Crippen molar-refractivity contribution >= 4 is 39.9 Å². The zero-order valence-electron chi connectivity index (χ0n) is 12.8. The van der Waals surface area contributed by atoms with Crippen LogP contribution in [-0.4, -0.2) is 46.1 Å². The predicted molar refractivity (Wildman–Crippen MR) is 91.5 cm³/mol. The van der Waals surface area contributed by atoms with Gasteiger partial charge in [0.15, 0.2) is 0 Å². The fourth-order valence-electron chi connectivity index (χ4n) is 3.23. The molecule has 0 aliphatic carbocycles. The number of hydrogen-bond donors (Lipinski definition) is 0. The van der Waals surface area contributed by atoms with Gasteiger partial charge in [-0.05, 0) is 18.2 Å². The van der Waals surface area contributed by atoms with Gasteiger partial charge < -0.3 is 14.2 Å². The summed E-state index contributed by atoms with van der Waals surface area (Å²) in [5.74, 6) is 1.26.